The Morgan fingerprint density at radius 3 is 2.44 bits per heavy atom. The SMILES string of the molecule is NC(=O)c1nnn(-c2ccc(F)cc2)c1N. The van der Waals surface area contributed by atoms with Gasteiger partial charge in [0.05, 0.1) is 5.69 Å². The number of anilines is 1. The van der Waals surface area contributed by atoms with Crippen LogP contribution in [0.5, 0.6) is 0 Å². The molecule has 0 unspecified atom stereocenters. The smallest absolute Gasteiger partial charge is 0.273 e. The molecule has 82 valence electrons. The number of nitrogens with two attached hydrogens (primary N) is 2. The number of hydrogen-bond donors (Lipinski definition) is 2. The third kappa shape index (κ3) is 1.58. The number of primary amides is 1. The minimum atomic E-state index is -0.758. The minimum absolute atomic E-state index is 0.0270. The molecule has 16 heavy (non-hydrogen) atoms. The number of hydrogen-bond acceptors (Lipinski definition) is 4. The molecular weight excluding hydrogens is 213 g/mol. The molecule has 0 atom stereocenters. The summed E-state index contributed by atoms with van der Waals surface area (Å²) in [6, 6.07) is 5.43. The average molecular weight is 221 g/mol. The highest BCUT2D eigenvalue weighted by Gasteiger charge is 2.15. The molecule has 0 saturated heterocycles. The number of benzene rings is 1. The van der Waals surface area contributed by atoms with Crippen LogP contribution in [0.3, 0.4) is 0 Å². The molecule has 4 N–H and O–H groups in total. The fraction of sp³-hybridized carbons (Fsp3) is 0. The maximum atomic E-state index is 12.7. The summed E-state index contributed by atoms with van der Waals surface area (Å²) in [5.41, 5.74) is 11.0. The van der Waals surface area contributed by atoms with E-state index in [1.54, 1.807) is 0 Å². The van der Waals surface area contributed by atoms with Gasteiger partial charge < -0.3 is 11.5 Å². The molecule has 6 nitrogen and oxygen atoms in total. The molecule has 0 aliphatic heterocycles. The Morgan fingerprint density at radius 1 is 1.31 bits per heavy atom. The van der Waals surface area contributed by atoms with Crippen molar-refractivity contribution in [1.82, 2.24) is 15.0 Å². The van der Waals surface area contributed by atoms with Crippen LogP contribution in [0.1, 0.15) is 10.5 Å². The number of carbonyl (C=O) groups is 1. The van der Waals surface area contributed by atoms with E-state index >= 15 is 0 Å². The molecule has 1 aromatic carbocycles. The van der Waals surface area contributed by atoms with Gasteiger partial charge in [-0.25, -0.2) is 4.39 Å². The second kappa shape index (κ2) is 3.61. The maximum Gasteiger partial charge on any atom is 0.273 e. The number of halogens is 1. The van der Waals surface area contributed by atoms with Crippen LogP contribution in [0.25, 0.3) is 5.69 Å². The summed E-state index contributed by atoms with van der Waals surface area (Å²) in [5.74, 6) is -1.11. The lowest BCUT2D eigenvalue weighted by molar-refractivity contribution is 0.0996. The van der Waals surface area contributed by atoms with E-state index in [0.29, 0.717) is 5.69 Å². The molecule has 0 spiro atoms. The number of rotatable bonds is 2. The molecule has 0 fully saturated rings. The van der Waals surface area contributed by atoms with E-state index in [1.165, 1.54) is 28.9 Å². The minimum Gasteiger partial charge on any atom is -0.382 e. The topological polar surface area (TPSA) is 99.8 Å². The summed E-state index contributed by atoms with van der Waals surface area (Å²) in [6.07, 6.45) is 0. The lowest BCUT2D eigenvalue weighted by Gasteiger charge is -2.01. The first-order chi connectivity index (χ1) is 7.59. The standard InChI is InChI=1S/C9H8FN5O/c10-5-1-3-6(4-2-5)15-8(11)7(9(12)16)13-14-15/h1-4H,11H2,(H2,12,16). The molecule has 2 rings (SSSR count). The van der Waals surface area contributed by atoms with Gasteiger partial charge in [-0.1, -0.05) is 5.21 Å². The first kappa shape index (κ1) is 10.1. The molecule has 0 aliphatic rings. The van der Waals surface area contributed by atoms with Gasteiger partial charge in [-0.05, 0) is 24.3 Å². The normalized spacial score (nSPS) is 10.3. The first-order valence-corrected chi connectivity index (χ1v) is 4.36. The summed E-state index contributed by atoms with van der Waals surface area (Å²) < 4.78 is 13.9. The molecule has 0 saturated carbocycles. The van der Waals surface area contributed by atoms with Crippen molar-refractivity contribution < 1.29 is 9.18 Å². The summed E-state index contributed by atoms with van der Waals surface area (Å²) in [6.45, 7) is 0. The van der Waals surface area contributed by atoms with E-state index in [2.05, 4.69) is 10.3 Å². The zero-order valence-corrected chi connectivity index (χ0v) is 8.09. The van der Waals surface area contributed by atoms with Gasteiger partial charge in [0.2, 0.25) is 0 Å². The predicted octanol–water partition coefficient (Wildman–Crippen LogP) is 0.0875. The van der Waals surface area contributed by atoms with E-state index in [0.717, 1.165) is 0 Å². The van der Waals surface area contributed by atoms with Crippen LogP contribution in [-0.4, -0.2) is 20.9 Å². The van der Waals surface area contributed by atoms with Gasteiger partial charge in [-0.3, -0.25) is 4.79 Å². The Bertz CT molecular complexity index is 533. The number of amides is 1. The fourth-order valence-electron chi connectivity index (χ4n) is 1.24. The second-order valence-electron chi connectivity index (χ2n) is 3.08. The Hall–Kier alpha value is -2.44. The van der Waals surface area contributed by atoms with Crippen molar-refractivity contribution in [2.75, 3.05) is 5.73 Å². The highest BCUT2D eigenvalue weighted by molar-refractivity contribution is 5.95. The van der Waals surface area contributed by atoms with Crippen molar-refractivity contribution in [3.05, 3.63) is 35.8 Å². The lowest BCUT2D eigenvalue weighted by atomic mass is 10.3. The van der Waals surface area contributed by atoms with Gasteiger partial charge >= 0.3 is 0 Å². The summed E-state index contributed by atoms with van der Waals surface area (Å²) in [7, 11) is 0. The molecular formula is C9H8FN5O. The van der Waals surface area contributed by atoms with Crippen molar-refractivity contribution in [1.29, 1.82) is 0 Å². The zero-order valence-electron chi connectivity index (χ0n) is 8.09. The summed E-state index contributed by atoms with van der Waals surface area (Å²) in [4.78, 5) is 10.9. The lowest BCUT2D eigenvalue weighted by Crippen LogP contribution is -2.14. The number of nitrogens with zero attached hydrogens (tertiary/aromatic N) is 3. The average Bonchev–Trinajstić information content (AvgIpc) is 2.61. The van der Waals surface area contributed by atoms with Crippen LogP contribution in [0.15, 0.2) is 24.3 Å². The molecule has 7 heteroatoms. The zero-order chi connectivity index (χ0) is 11.7. The van der Waals surface area contributed by atoms with Crippen molar-refractivity contribution in [2.24, 2.45) is 5.73 Å². The highest BCUT2D eigenvalue weighted by Crippen LogP contribution is 2.14. The van der Waals surface area contributed by atoms with Gasteiger partial charge in [0.25, 0.3) is 5.91 Å². The Morgan fingerprint density at radius 2 is 1.94 bits per heavy atom. The molecule has 0 aliphatic carbocycles. The van der Waals surface area contributed by atoms with E-state index in [1.807, 2.05) is 0 Å². The van der Waals surface area contributed by atoms with Crippen LogP contribution < -0.4 is 11.5 Å². The first-order valence-electron chi connectivity index (χ1n) is 4.36. The van der Waals surface area contributed by atoms with Crippen molar-refractivity contribution in [2.45, 2.75) is 0 Å². The number of aromatic nitrogens is 3. The van der Waals surface area contributed by atoms with Crippen molar-refractivity contribution >= 4 is 11.7 Å². The third-order valence-electron chi connectivity index (χ3n) is 2.01. The molecule has 1 aromatic heterocycles. The molecule has 1 heterocycles. The van der Waals surface area contributed by atoms with Gasteiger partial charge in [0.15, 0.2) is 11.5 Å². The van der Waals surface area contributed by atoms with Gasteiger partial charge in [0, 0.05) is 0 Å². The van der Waals surface area contributed by atoms with Crippen molar-refractivity contribution in [3.63, 3.8) is 0 Å². The third-order valence-corrected chi connectivity index (χ3v) is 2.01. The van der Waals surface area contributed by atoms with Crippen LogP contribution in [0, 0.1) is 5.82 Å². The highest BCUT2D eigenvalue weighted by atomic mass is 19.1. The Kier molecular flexibility index (Phi) is 2.28. The van der Waals surface area contributed by atoms with Gasteiger partial charge in [-0.15, -0.1) is 5.10 Å². The predicted molar refractivity (Wildman–Crippen MR) is 54.2 cm³/mol. The monoisotopic (exact) mass is 221 g/mol. The molecule has 0 bridgehead atoms. The number of carbonyl (C=O) groups excluding carboxylic acids is 1. The van der Waals surface area contributed by atoms with Crippen molar-refractivity contribution in [3.8, 4) is 5.69 Å². The fourth-order valence-corrected chi connectivity index (χ4v) is 1.24. The molecule has 1 amide bonds. The largest absolute Gasteiger partial charge is 0.382 e. The maximum absolute atomic E-state index is 12.7. The van der Waals surface area contributed by atoms with E-state index < -0.39 is 5.91 Å². The Labute approximate surface area is 89.7 Å². The van der Waals surface area contributed by atoms with Crippen LogP contribution in [0.4, 0.5) is 10.2 Å². The van der Waals surface area contributed by atoms with Crippen LogP contribution >= 0.6 is 0 Å². The van der Waals surface area contributed by atoms with Crippen LogP contribution in [0.2, 0.25) is 0 Å². The quantitative estimate of drug-likeness (QED) is 0.750. The molecule has 0 radical (unpaired) electrons. The second-order valence-corrected chi connectivity index (χ2v) is 3.08. The van der Waals surface area contributed by atoms with Gasteiger partial charge in [0.1, 0.15) is 5.82 Å². The Balaban J connectivity index is 2.49. The van der Waals surface area contributed by atoms with Crippen LogP contribution in [-0.2, 0) is 0 Å². The van der Waals surface area contributed by atoms with E-state index in [9.17, 15) is 9.18 Å². The van der Waals surface area contributed by atoms with E-state index in [-0.39, 0.29) is 17.3 Å². The summed E-state index contributed by atoms with van der Waals surface area (Å²) >= 11 is 0. The summed E-state index contributed by atoms with van der Waals surface area (Å²) in [5, 5.41) is 7.19. The molecule has 2 aromatic rings. The van der Waals surface area contributed by atoms with Gasteiger partial charge in [-0.2, -0.15) is 4.68 Å². The number of nitrogen functional groups attached to an aromatic ring is 1. The van der Waals surface area contributed by atoms with E-state index in [4.69, 9.17) is 11.5 Å².